The number of allylic oxidation sites excluding steroid dienone is 3. The lowest BCUT2D eigenvalue weighted by Crippen LogP contribution is -1.99. The van der Waals surface area contributed by atoms with Crippen LogP contribution in [0.4, 0.5) is 0 Å². The van der Waals surface area contributed by atoms with E-state index in [-0.39, 0.29) is 5.97 Å². The Labute approximate surface area is 118 Å². The summed E-state index contributed by atoms with van der Waals surface area (Å²) in [4.78, 5) is 11.0. The van der Waals surface area contributed by atoms with Crippen molar-refractivity contribution in [3.8, 4) is 0 Å². The highest BCUT2D eigenvalue weighted by molar-refractivity contribution is 5.67. The van der Waals surface area contributed by atoms with Crippen LogP contribution < -0.4 is 0 Å². The summed E-state index contributed by atoms with van der Waals surface area (Å²) >= 11 is 0. The number of carbonyl (C=O) groups is 1. The van der Waals surface area contributed by atoms with Gasteiger partial charge in [0.05, 0.1) is 0 Å². The standard InChI is InChI=1S/C17H30O2/c1-5-6-7-8-9-10-11-12-13-17(14-15(2)3)19-16(4)18/h14H,2,5-13H2,1,3-4H3. The van der Waals surface area contributed by atoms with Crippen molar-refractivity contribution in [2.24, 2.45) is 0 Å². The van der Waals surface area contributed by atoms with E-state index in [4.69, 9.17) is 4.74 Å². The van der Waals surface area contributed by atoms with Crippen LogP contribution in [0.25, 0.3) is 0 Å². The van der Waals surface area contributed by atoms with E-state index >= 15 is 0 Å². The fraction of sp³-hybridized carbons (Fsp3) is 0.706. The Bertz CT molecular complexity index is 290. The topological polar surface area (TPSA) is 26.3 Å². The van der Waals surface area contributed by atoms with E-state index < -0.39 is 0 Å². The number of hydrogen-bond acceptors (Lipinski definition) is 2. The smallest absolute Gasteiger partial charge is 0.307 e. The molecule has 0 aliphatic carbocycles. The number of carbonyl (C=O) groups excluding carboxylic acids is 1. The molecule has 0 aromatic carbocycles. The van der Waals surface area contributed by atoms with Gasteiger partial charge in [0.1, 0.15) is 5.76 Å². The van der Waals surface area contributed by atoms with E-state index in [0.29, 0.717) is 0 Å². The van der Waals surface area contributed by atoms with Gasteiger partial charge in [0.2, 0.25) is 0 Å². The third-order valence-corrected chi connectivity index (χ3v) is 2.96. The summed E-state index contributed by atoms with van der Waals surface area (Å²) in [7, 11) is 0. The molecule has 0 aromatic heterocycles. The van der Waals surface area contributed by atoms with Crippen LogP contribution in [0.2, 0.25) is 0 Å². The highest BCUT2D eigenvalue weighted by atomic mass is 16.5. The second-order valence-corrected chi connectivity index (χ2v) is 5.28. The van der Waals surface area contributed by atoms with Crippen LogP contribution in [0.5, 0.6) is 0 Å². The minimum atomic E-state index is -0.243. The summed E-state index contributed by atoms with van der Waals surface area (Å²) in [5.74, 6) is 0.512. The van der Waals surface area contributed by atoms with Gasteiger partial charge in [0.25, 0.3) is 0 Å². The van der Waals surface area contributed by atoms with Gasteiger partial charge in [-0.25, -0.2) is 0 Å². The van der Waals surface area contributed by atoms with E-state index in [2.05, 4.69) is 13.5 Å². The zero-order valence-corrected chi connectivity index (χ0v) is 13.0. The zero-order valence-electron chi connectivity index (χ0n) is 13.0. The molecule has 0 aliphatic heterocycles. The van der Waals surface area contributed by atoms with E-state index in [9.17, 15) is 4.79 Å². The number of esters is 1. The number of ether oxygens (including phenoxy) is 1. The molecule has 0 aromatic rings. The third-order valence-electron chi connectivity index (χ3n) is 2.96. The fourth-order valence-corrected chi connectivity index (χ4v) is 2.05. The Kier molecular flexibility index (Phi) is 11.3. The first-order valence-electron chi connectivity index (χ1n) is 7.60. The summed E-state index contributed by atoms with van der Waals surface area (Å²) in [5, 5.41) is 0. The SMILES string of the molecule is C=C(C)C=C(CCCCCCCCCC)OC(C)=O. The molecule has 0 amide bonds. The van der Waals surface area contributed by atoms with Gasteiger partial charge in [-0.05, 0) is 19.4 Å². The molecule has 0 saturated carbocycles. The average Bonchev–Trinajstić information content (AvgIpc) is 2.30. The fourth-order valence-electron chi connectivity index (χ4n) is 2.05. The summed E-state index contributed by atoms with van der Waals surface area (Å²) < 4.78 is 5.18. The van der Waals surface area contributed by atoms with E-state index in [1.165, 1.54) is 51.9 Å². The molecule has 0 unspecified atom stereocenters. The molecule has 0 bridgehead atoms. The zero-order chi connectivity index (χ0) is 14.5. The van der Waals surface area contributed by atoms with Crippen molar-refractivity contribution < 1.29 is 9.53 Å². The van der Waals surface area contributed by atoms with Gasteiger partial charge in [-0.1, -0.05) is 64.0 Å². The Morgan fingerprint density at radius 1 is 1.00 bits per heavy atom. The average molecular weight is 266 g/mol. The molecule has 0 heterocycles. The van der Waals surface area contributed by atoms with Gasteiger partial charge in [0.15, 0.2) is 0 Å². The van der Waals surface area contributed by atoms with Crippen LogP contribution in [-0.4, -0.2) is 5.97 Å². The number of unbranched alkanes of at least 4 members (excludes halogenated alkanes) is 7. The van der Waals surface area contributed by atoms with Crippen LogP contribution in [0.3, 0.4) is 0 Å². The highest BCUT2D eigenvalue weighted by Gasteiger charge is 2.02. The lowest BCUT2D eigenvalue weighted by Gasteiger charge is -2.07. The van der Waals surface area contributed by atoms with Crippen LogP contribution >= 0.6 is 0 Å². The van der Waals surface area contributed by atoms with Crippen molar-refractivity contribution in [3.63, 3.8) is 0 Å². The van der Waals surface area contributed by atoms with Crippen molar-refractivity contribution in [1.82, 2.24) is 0 Å². The van der Waals surface area contributed by atoms with Crippen molar-refractivity contribution >= 4 is 5.97 Å². The van der Waals surface area contributed by atoms with Crippen LogP contribution in [0, 0.1) is 0 Å². The maximum Gasteiger partial charge on any atom is 0.307 e. The van der Waals surface area contributed by atoms with Crippen molar-refractivity contribution in [2.75, 3.05) is 0 Å². The molecule has 0 atom stereocenters. The monoisotopic (exact) mass is 266 g/mol. The molecule has 0 spiro atoms. The van der Waals surface area contributed by atoms with Crippen LogP contribution in [0.15, 0.2) is 24.0 Å². The first-order chi connectivity index (χ1) is 9.06. The predicted molar refractivity (Wildman–Crippen MR) is 81.9 cm³/mol. The molecular weight excluding hydrogens is 236 g/mol. The normalized spacial score (nSPS) is 11.4. The first kappa shape index (κ1) is 17.9. The van der Waals surface area contributed by atoms with E-state index in [1.54, 1.807) is 0 Å². The summed E-state index contributed by atoms with van der Waals surface area (Å²) in [6, 6.07) is 0. The molecule has 2 heteroatoms. The summed E-state index contributed by atoms with van der Waals surface area (Å²) in [6.45, 7) is 9.42. The molecule has 0 fully saturated rings. The Morgan fingerprint density at radius 3 is 2.00 bits per heavy atom. The van der Waals surface area contributed by atoms with Gasteiger partial charge >= 0.3 is 5.97 Å². The molecule has 0 saturated heterocycles. The minimum absolute atomic E-state index is 0.243. The maximum absolute atomic E-state index is 11.0. The maximum atomic E-state index is 11.0. The van der Waals surface area contributed by atoms with Gasteiger partial charge < -0.3 is 4.74 Å². The lowest BCUT2D eigenvalue weighted by molar-refractivity contribution is -0.137. The summed E-state index contributed by atoms with van der Waals surface area (Å²) in [5.41, 5.74) is 0.927. The van der Waals surface area contributed by atoms with Gasteiger partial charge in [-0.15, -0.1) is 0 Å². The van der Waals surface area contributed by atoms with Gasteiger partial charge in [-0.3, -0.25) is 4.79 Å². The van der Waals surface area contributed by atoms with Crippen molar-refractivity contribution in [2.45, 2.75) is 78.6 Å². The van der Waals surface area contributed by atoms with Crippen LogP contribution in [0.1, 0.15) is 78.6 Å². The molecule has 0 rings (SSSR count). The number of hydrogen-bond donors (Lipinski definition) is 0. The highest BCUT2D eigenvalue weighted by Crippen LogP contribution is 2.15. The van der Waals surface area contributed by atoms with Crippen LogP contribution in [-0.2, 0) is 9.53 Å². The largest absolute Gasteiger partial charge is 0.431 e. The Morgan fingerprint density at radius 2 is 1.53 bits per heavy atom. The molecular formula is C17H30O2. The quantitative estimate of drug-likeness (QED) is 0.212. The Balaban J connectivity index is 3.70. The molecule has 110 valence electrons. The number of rotatable bonds is 11. The second-order valence-electron chi connectivity index (χ2n) is 5.28. The van der Waals surface area contributed by atoms with Gasteiger partial charge in [0, 0.05) is 13.3 Å². The van der Waals surface area contributed by atoms with E-state index in [0.717, 1.165) is 24.2 Å². The van der Waals surface area contributed by atoms with Crippen molar-refractivity contribution in [1.29, 1.82) is 0 Å². The molecule has 0 N–H and O–H groups in total. The molecule has 0 radical (unpaired) electrons. The molecule has 2 nitrogen and oxygen atoms in total. The van der Waals surface area contributed by atoms with E-state index in [1.807, 2.05) is 13.0 Å². The Hall–Kier alpha value is -1.05. The second kappa shape index (κ2) is 12.0. The molecule has 0 aliphatic rings. The third kappa shape index (κ3) is 13.2. The van der Waals surface area contributed by atoms with Gasteiger partial charge in [-0.2, -0.15) is 0 Å². The first-order valence-corrected chi connectivity index (χ1v) is 7.60. The predicted octanol–water partition coefficient (Wildman–Crippen LogP) is 5.54. The minimum Gasteiger partial charge on any atom is -0.431 e. The lowest BCUT2D eigenvalue weighted by atomic mass is 10.1. The van der Waals surface area contributed by atoms with Crippen molar-refractivity contribution in [3.05, 3.63) is 24.0 Å². The molecule has 19 heavy (non-hydrogen) atoms. The summed E-state index contributed by atoms with van der Waals surface area (Å²) in [6.07, 6.45) is 13.0.